The van der Waals surface area contributed by atoms with Crippen molar-refractivity contribution in [2.45, 2.75) is 51.6 Å². The van der Waals surface area contributed by atoms with Crippen molar-refractivity contribution in [1.82, 2.24) is 19.8 Å². The van der Waals surface area contributed by atoms with E-state index in [1.807, 2.05) is 16.8 Å². The highest BCUT2D eigenvalue weighted by Crippen LogP contribution is 2.49. The smallest absolute Gasteiger partial charge is 0.317 e. The second-order valence-corrected chi connectivity index (χ2v) is 7.84. The van der Waals surface area contributed by atoms with Gasteiger partial charge in [-0.2, -0.15) is 0 Å². The van der Waals surface area contributed by atoms with Crippen molar-refractivity contribution in [3.63, 3.8) is 0 Å². The predicted octanol–water partition coefficient (Wildman–Crippen LogP) is 1.58. The van der Waals surface area contributed by atoms with Gasteiger partial charge in [0.05, 0.1) is 0 Å². The summed E-state index contributed by atoms with van der Waals surface area (Å²) >= 11 is 0. The molecule has 1 saturated heterocycles. The number of amides is 2. The molecule has 7 heteroatoms. The molecule has 1 aliphatic heterocycles. The molecule has 0 radical (unpaired) electrons. The second-order valence-electron chi connectivity index (χ2n) is 7.84. The topological polar surface area (TPSA) is 70.5 Å². The maximum absolute atomic E-state index is 12.6. The fourth-order valence-electron chi connectivity index (χ4n) is 3.52. The molecule has 2 aliphatic rings. The molecule has 1 saturated carbocycles. The quantitative estimate of drug-likeness (QED) is 0.898. The summed E-state index contributed by atoms with van der Waals surface area (Å²) in [5.41, 5.74) is 0.173. The summed E-state index contributed by atoms with van der Waals surface area (Å²) in [7, 11) is 3.60. The first kappa shape index (κ1) is 17.8. The fourth-order valence-corrected chi connectivity index (χ4v) is 3.52. The monoisotopic (exact) mass is 347 g/mol. The Morgan fingerprint density at radius 1 is 1.48 bits per heavy atom. The van der Waals surface area contributed by atoms with Crippen LogP contribution >= 0.6 is 0 Å². The number of nitrogens with one attached hydrogen (secondary N) is 1. The Balaban J connectivity index is 1.62. The largest absolute Gasteiger partial charge is 0.350 e. The van der Waals surface area contributed by atoms with Crippen LogP contribution in [0.4, 0.5) is 10.6 Å². The normalized spacial score (nSPS) is 23.0. The van der Waals surface area contributed by atoms with E-state index >= 15 is 0 Å². The number of rotatable bonds is 4. The Morgan fingerprint density at radius 3 is 2.88 bits per heavy atom. The maximum Gasteiger partial charge on any atom is 0.317 e. The van der Waals surface area contributed by atoms with Crippen molar-refractivity contribution in [1.29, 1.82) is 0 Å². The molecule has 2 heterocycles. The molecule has 3 rings (SSSR count). The number of nitrogens with zero attached hydrogens (tertiary/aromatic N) is 4. The first-order valence-corrected chi connectivity index (χ1v) is 9.12. The van der Waals surface area contributed by atoms with Gasteiger partial charge in [0.1, 0.15) is 0 Å². The van der Waals surface area contributed by atoms with Crippen molar-refractivity contribution < 1.29 is 4.79 Å². The molecule has 2 amide bonds. The van der Waals surface area contributed by atoms with Crippen molar-refractivity contribution in [3.05, 3.63) is 22.7 Å². The summed E-state index contributed by atoms with van der Waals surface area (Å²) in [6.45, 7) is 5.78. The average Bonchev–Trinajstić information content (AvgIpc) is 3.35. The van der Waals surface area contributed by atoms with E-state index in [2.05, 4.69) is 24.1 Å². The van der Waals surface area contributed by atoms with E-state index in [0.717, 1.165) is 19.4 Å². The Labute approximate surface area is 149 Å². The lowest BCUT2D eigenvalue weighted by Crippen LogP contribution is -2.54. The zero-order valence-electron chi connectivity index (χ0n) is 15.7. The van der Waals surface area contributed by atoms with Crippen LogP contribution in [0, 0.1) is 5.41 Å². The van der Waals surface area contributed by atoms with Gasteiger partial charge in [-0.25, -0.2) is 9.78 Å². The minimum atomic E-state index is -0.0955. The third kappa shape index (κ3) is 3.65. The summed E-state index contributed by atoms with van der Waals surface area (Å²) in [5, 5.41) is 3.14. The van der Waals surface area contributed by atoms with Gasteiger partial charge in [0.15, 0.2) is 5.82 Å². The second kappa shape index (κ2) is 6.69. The number of hydrogen-bond donors (Lipinski definition) is 1. The summed E-state index contributed by atoms with van der Waals surface area (Å²) in [6, 6.07) is 0.242. The zero-order chi connectivity index (χ0) is 18.2. The molecular formula is C18H29N5O2. The Bertz CT molecular complexity index is 697. The number of aromatic nitrogens is 2. The Hall–Kier alpha value is -2.05. The highest BCUT2D eigenvalue weighted by atomic mass is 16.2. The molecular weight excluding hydrogens is 318 g/mol. The summed E-state index contributed by atoms with van der Waals surface area (Å²) < 4.78 is 1.54. The van der Waals surface area contributed by atoms with Gasteiger partial charge in [0, 0.05) is 51.7 Å². The van der Waals surface area contributed by atoms with Crippen LogP contribution in [0.15, 0.2) is 17.2 Å². The van der Waals surface area contributed by atoms with Crippen LogP contribution in [0.25, 0.3) is 0 Å². The molecule has 2 unspecified atom stereocenters. The van der Waals surface area contributed by atoms with Gasteiger partial charge >= 0.3 is 6.03 Å². The molecule has 0 spiro atoms. The van der Waals surface area contributed by atoms with Gasteiger partial charge in [0.2, 0.25) is 0 Å². The molecule has 0 bridgehead atoms. The number of hydrogen-bond acceptors (Lipinski definition) is 4. The van der Waals surface area contributed by atoms with Gasteiger partial charge in [-0.3, -0.25) is 4.79 Å². The predicted molar refractivity (Wildman–Crippen MR) is 97.8 cm³/mol. The molecule has 25 heavy (non-hydrogen) atoms. The molecule has 1 aromatic rings. The molecule has 2 atom stereocenters. The van der Waals surface area contributed by atoms with Crippen LogP contribution in [0.3, 0.4) is 0 Å². The molecule has 138 valence electrons. The van der Waals surface area contributed by atoms with Crippen molar-refractivity contribution >= 4 is 11.8 Å². The van der Waals surface area contributed by atoms with Gasteiger partial charge in [0.25, 0.3) is 5.56 Å². The van der Waals surface area contributed by atoms with Crippen molar-refractivity contribution in [3.8, 4) is 0 Å². The summed E-state index contributed by atoms with van der Waals surface area (Å²) in [4.78, 5) is 32.9. The summed E-state index contributed by atoms with van der Waals surface area (Å²) in [5.74, 6) is 0.469. The Morgan fingerprint density at radius 2 is 2.20 bits per heavy atom. The maximum atomic E-state index is 12.6. The standard InChI is InChI=1S/C18H29N5O2/c1-13(18(2)7-8-18)22(4)17(25)20-14-6-5-10-23(12-14)15-16(24)21(3)11-9-19-15/h9,11,13-14H,5-8,10,12H2,1-4H3,(H,20,25). The van der Waals surface area contributed by atoms with Crippen LogP contribution in [-0.2, 0) is 7.05 Å². The molecule has 1 aliphatic carbocycles. The van der Waals surface area contributed by atoms with Gasteiger partial charge in [-0.05, 0) is 38.0 Å². The van der Waals surface area contributed by atoms with E-state index in [1.165, 1.54) is 17.4 Å². The third-order valence-corrected chi connectivity index (χ3v) is 6.00. The third-order valence-electron chi connectivity index (χ3n) is 6.00. The SMILES string of the molecule is CC(N(C)C(=O)NC1CCCN(c2nccn(C)c2=O)C1)C1(C)CC1. The molecule has 7 nitrogen and oxygen atoms in total. The van der Waals surface area contributed by atoms with Gasteiger partial charge in [-0.15, -0.1) is 0 Å². The molecule has 1 aromatic heterocycles. The van der Waals surface area contributed by atoms with Crippen LogP contribution in [0.5, 0.6) is 0 Å². The lowest BCUT2D eigenvalue weighted by molar-refractivity contribution is 0.166. The van der Waals surface area contributed by atoms with Crippen LogP contribution in [-0.4, -0.2) is 52.7 Å². The minimum Gasteiger partial charge on any atom is -0.350 e. The van der Waals surface area contributed by atoms with Gasteiger partial charge in [-0.1, -0.05) is 6.92 Å². The van der Waals surface area contributed by atoms with Gasteiger partial charge < -0.3 is 19.7 Å². The first-order chi connectivity index (χ1) is 11.8. The van der Waals surface area contributed by atoms with E-state index in [1.54, 1.807) is 19.4 Å². The minimum absolute atomic E-state index is 0.0265. The average molecular weight is 347 g/mol. The fraction of sp³-hybridized carbons (Fsp3) is 0.722. The van der Waals surface area contributed by atoms with Crippen LogP contribution in [0.2, 0.25) is 0 Å². The molecule has 2 fully saturated rings. The van der Waals surface area contributed by atoms with E-state index in [9.17, 15) is 9.59 Å². The number of urea groups is 1. The Kier molecular flexibility index (Phi) is 4.75. The summed E-state index contributed by atoms with van der Waals surface area (Å²) in [6.07, 6.45) is 7.53. The van der Waals surface area contributed by atoms with E-state index < -0.39 is 0 Å². The lowest BCUT2D eigenvalue weighted by atomic mass is 10.00. The number of anilines is 1. The number of carbonyl (C=O) groups is 1. The molecule has 0 aromatic carbocycles. The highest BCUT2D eigenvalue weighted by molar-refractivity contribution is 5.74. The lowest BCUT2D eigenvalue weighted by Gasteiger charge is -2.36. The van der Waals surface area contributed by atoms with Crippen molar-refractivity contribution in [2.24, 2.45) is 12.5 Å². The zero-order valence-corrected chi connectivity index (χ0v) is 15.7. The number of aryl methyl sites for hydroxylation is 1. The number of piperidine rings is 1. The van der Waals surface area contributed by atoms with Crippen molar-refractivity contribution in [2.75, 3.05) is 25.0 Å². The highest BCUT2D eigenvalue weighted by Gasteiger charge is 2.45. The van der Waals surface area contributed by atoms with Crippen LogP contribution < -0.4 is 15.8 Å². The van der Waals surface area contributed by atoms with Crippen LogP contribution in [0.1, 0.15) is 39.5 Å². The van der Waals surface area contributed by atoms with E-state index in [4.69, 9.17) is 0 Å². The number of carbonyl (C=O) groups excluding carboxylic acids is 1. The molecule has 1 N–H and O–H groups in total. The van der Waals surface area contributed by atoms with E-state index in [0.29, 0.717) is 12.4 Å². The van der Waals surface area contributed by atoms with E-state index in [-0.39, 0.29) is 29.1 Å². The first-order valence-electron chi connectivity index (χ1n) is 9.12.